The van der Waals surface area contributed by atoms with Crippen molar-refractivity contribution in [1.29, 1.82) is 0 Å². The first-order chi connectivity index (χ1) is 17.4. The topological polar surface area (TPSA) is 54.5 Å². The number of nitrogens with zero attached hydrogens (tertiary/aromatic N) is 1. The predicted octanol–water partition coefficient (Wildman–Crippen LogP) is 6.55. The molecule has 5 heteroatoms. The van der Waals surface area contributed by atoms with E-state index in [2.05, 4.69) is 15.9 Å². The van der Waals surface area contributed by atoms with Gasteiger partial charge in [-0.1, -0.05) is 96.0 Å². The lowest BCUT2D eigenvalue weighted by Gasteiger charge is -2.37. The number of fused-ring (bicyclic) bond motifs is 5. The maximum Gasteiger partial charge on any atom is 0.239 e. The van der Waals surface area contributed by atoms with Crippen LogP contribution in [0.5, 0.6) is 0 Å². The number of allylic oxidation sites excluding steroid dienone is 2. The van der Waals surface area contributed by atoms with Gasteiger partial charge in [-0.05, 0) is 53.8 Å². The van der Waals surface area contributed by atoms with Gasteiger partial charge in [0.2, 0.25) is 11.8 Å². The summed E-state index contributed by atoms with van der Waals surface area (Å²) in [6.07, 6.45) is 1.25. The van der Waals surface area contributed by atoms with Gasteiger partial charge in [0.1, 0.15) is 0 Å². The first-order valence-corrected chi connectivity index (χ1v) is 13.2. The fourth-order valence-electron chi connectivity index (χ4n) is 7.23. The molecule has 0 radical (unpaired) electrons. The van der Waals surface area contributed by atoms with E-state index in [1.54, 1.807) is 12.1 Å². The molecule has 2 fully saturated rings. The summed E-state index contributed by atoms with van der Waals surface area (Å²) in [7, 11) is 0. The Hall–Kier alpha value is -3.31. The van der Waals surface area contributed by atoms with E-state index in [-0.39, 0.29) is 17.6 Å². The number of anilines is 1. The van der Waals surface area contributed by atoms with Gasteiger partial charge in [0.05, 0.1) is 28.4 Å². The van der Waals surface area contributed by atoms with Gasteiger partial charge in [0.25, 0.3) is 0 Å². The predicted molar refractivity (Wildman–Crippen MR) is 144 cm³/mol. The van der Waals surface area contributed by atoms with Crippen LogP contribution in [0.15, 0.2) is 89.4 Å². The van der Waals surface area contributed by atoms with Crippen molar-refractivity contribution in [2.45, 2.75) is 26.7 Å². The van der Waals surface area contributed by atoms with Gasteiger partial charge in [0.15, 0.2) is 5.78 Å². The summed E-state index contributed by atoms with van der Waals surface area (Å²) >= 11 is 3.47. The Kier molecular flexibility index (Phi) is 5.20. The van der Waals surface area contributed by atoms with Crippen molar-refractivity contribution in [3.05, 3.63) is 101 Å². The number of imide groups is 1. The van der Waals surface area contributed by atoms with Crippen molar-refractivity contribution in [1.82, 2.24) is 0 Å². The molecule has 0 unspecified atom stereocenters. The maximum atomic E-state index is 14.6. The van der Waals surface area contributed by atoms with Crippen LogP contribution in [0.3, 0.4) is 0 Å². The molecular formula is C31H26BrNO3. The van der Waals surface area contributed by atoms with Crippen LogP contribution >= 0.6 is 15.9 Å². The van der Waals surface area contributed by atoms with Crippen LogP contribution in [0, 0.1) is 22.7 Å². The van der Waals surface area contributed by atoms with Gasteiger partial charge in [-0.2, -0.15) is 0 Å². The van der Waals surface area contributed by atoms with Crippen LogP contribution < -0.4 is 4.90 Å². The van der Waals surface area contributed by atoms with E-state index in [1.165, 1.54) is 4.90 Å². The SMILES string of the molecule is CCC[C@@]12C(=O)[C@@](C)(C(c3ccccc3)=C1c1ccccc1)[C@@H]1C(=O)N(c3cccc(Br)c3)C(=O)[C@H]12. The fraction of sp³-hybridized carbons (Fsp3) is 0.258. The van der Waals surface area contributed by atoms with Crippen molar-refractivity contribution < 1.29 is 14.4 Å². The number of rotatable bonds is 5. The van der Waals surface area contributed by atoms with Gasteiger partial charge in [-0.3, -0.25) is 14.4 Å². The molecule has 36 heavy (non-hydrogen) atoms. The third kappa shape index (κ3) is 2.78. The molecule has 1 heterocycles. The molecule has 2 aliphatic carbocycles. The molecule has 1 saturated heterocycles. The number of amides is 2. The van der Waals surface area contributed by atoms with Crippen LogP contribution in [-0.4, -0.2) is 17.6 Å². The summed E-state index contributed by atoms with van der Waals surface area (Å²) < 4.78 is 0.791. The molecule has 4 nitrogen and oxygen atoms in total. The molecule has 0 N–H and O–H groups in total. The minimum atomic E-state index is -1.10. The Balaban J connectivity index is 1.66. The van der Waals surface area contributed by atoms with E-state index in [0.717, 1.165) is 33.2 Å². The quantitative estimate of drug-likeness (QED) is 0.345. The van der Waals surface area contributed by atoms with Crippen molar-refractivity contribution in [3.8, 4) is 0 Å². The van der Waals surface area contributed by atoms with Crippen molar-refractivity contribution in [2.24, 2.45) is 22.7 Å². The van der Waals surface area contributed by atoms with Crippen molar-refractivity contribution in [2.75, 3.05) is 4.90 Å². The third-order valence-electron chi connectivity index (χ3n) is 8.39. The van der Waals surface area contributed by atoms with E-state index < -0.39 is 22.7 Å². The minimum absolute atomic E-state index is 0.0140. The van der Waals surface area contributed by atoms with Gasteiger partial charge < -0.3 is 0 Å². The van der Waals surface area contributed by atoms with Crippen LogP contribution in [-0.2, 0) is 14.4 Å². The number of benzene rings is 3. The first kappa shape index (κ1) is 23.1. The van der Waals surface area contributed by atoms with Crippen molar-refractivity contribution >= 4 is 50.4 Å². The molecule has 0 spiro atoms. The number of carbonyl (C=O) groups is 3. The minimum Gasteiger partial charge on any atom is -0.298 e. The Morgan fingerprint density at radius 3 is 1.94 bits per heavy atom. The lowest BCUT2D eigenvalue weighted by molar-refractivity contribution is -0.134. The summed E-state index contributed by atoms with van der Waals surface area (Å²) in [5, 5.41) is 0. The smallest absolute Gasteiger partial charge is 0.239 e. The lowest BCUT2D eigenvalue weighted by atomic mass is 9.61. The van der Waals surface area contributed by atoms with E-state index >= 15 is 0 Å². The Bertz CT molecular complexity index is 1450. The van der Waals surface area contributed by atoms with Crippen LogP contribution in [0.2, 0.25) is 0 Å². The first-order valence-electron chi connectivity index (χ1n) is 12.4. The highest BCUT2D eigenvalue weighted by atomic mass is 79.9. The molecule has 3 aromatic rings. The highest BCUT2D eigenvalue weighted by Crippen LogP contribution is 2.75. The number of halogens is 1. The van der Waals surface area contributed by atoms with Gasteiger partial charge in [-0.25, -0.2) is 4.90 Å². The van der Waals surface area contributed by atoms with Crippen molar-refractivity contribution in [3.63, 3.8) is 0 Å². The van der Waals surface area contributed by atoms with E-state index in [0.29, 0.717) is 12.1 Å². The molecule has 6 rings (SSSR count). The number of carbonyl (C=O) groups excluding carboxylic acids is 3. The molecule has 2 bridgehead atoms. The molecule has 3 aromatic carbocycles. The van der Waals surface area contributed by atoms with E-state index in [1.807, 2.05) is 86.6 Å². The van der Waals surface area contributed by atoms with Gasteiger partial charge in [0, 0.05) is 4.47 Å². The average molecular weight is 540 g/mol. The monoisotopic (exact) mass is 539 g/mol. The summed E-state index contributed by atoms with van der Waals surface area (Å²) in [5.41, 5.74) is 2.09. The molecule has 0 aromatic heterocycles. The third-order valence-corrected chi connectivity index (χ3v) is 8.88. The molecular weight excluding hydrogens is 514 g/mol. The Labute approximate surface area is 219 Å². The molecule has 1 saturated carbocycles. The summed E-state index contributed by atoms with van der Waals surface area (Å²) in [6, 6.07) is 27.1. The van der Waals surface area contributed by atoms with Gasteiger partial charge in [-0.15, -0.1) is 0 Å². The number of hydrogen-bond acceptors (Lipinski definition) is 3. The Morgan fingerprint density at radius 2 is 1.36 bits per heavy atom. The highest BCUT2D eigenvalue weighted by molar-refractivity contribution is 9.10. The highest BCUT2D eigenvalue weighted by Gasteiger charge is 2.80. The standard InChI is InChI=1S/C31H26BrNO3/c1-3-17-31-24(20-13-8-5-9-14-20)23(19-11-6-4-7-12-19)30(2,29(31)36)25-26(31)28(35)33(27(25)34)22-16-10-15-21(32)18-22/h4-16,18,25-26H,3,17H2,1-2H3/t25-,26-,30-,31+/m0/s1. The van der Waals surface area contributed by atoms with E-state index in [9.17, 15) is 14.4 Å². The zero-order valence-corrected chi connectivity index (χ0v) is 21.8. The second-order valence-corrected chi connectivity index (χ2v) is 11.1. The zero-order chi connectivity index (χ0) is 25.2. The number of ketones is 1. The summed E-state index contributed by atoms with van der Waals surface area (Å²) in [5.74, 6) is -1.98. The molecule has 180 valence electrons. The average Bonchev–Trinajstić information content (AvgIpc) is 3.35. The largest absolute Gasteiger partial charge is 0.298 e. The van der Waals surface area contributed by atoms with Crippen LogP contribution in [0.4, 0.5) is 5.69 Å². The lowest BCUT2D eigenvalue weighted by Crippen LogP contribution is -2.41. The normalized spacial score (nSPS) is 28.9. The summed E-state index contributed by atoms with van der Waals surface area (Å²) in [6.45, 7) is 3.95. The fourth-order valence-corrected chi connectivity index (χ4v) is 7.62. The second kappa shape index (κ2) is 8.10. The molecule has 2 amide bonds. The number of hydrogen-bond donors (Lipinski definition) is 0. The Morgan fingerprint density at radius 1 is 0.778 bits per heavy atom. The molecule has 1 aliphatic heterocycles. The van der Waals surface area contributed by atoms with E-state index in [4.69, 9.17) is 0 Å². The molecule has 3 aliphatic rings. The van der Waals surface area contributed by atoms with Gasteiger partial charge >= 0.3 is 0 Å². The van der Waals surface area contributed by atoms with Crippen LogP contribution in [0.1, 0.15) is 37.8 Å². The zero-order valence-electron chi connectivity index (χ0n) is 20.2. The molecule has 4 atom stereocenters. The second-order valence-electron chi connectivity index (χ2n) is 10.2. The van der Waals surface area contributed by atoms with Crippen LogP contribution in [0.25, 0.3) is 11.1 Å². The number of Topliss-reactive ketones (excluding diaryl/α,β-unsaturated/α-hetero) is 1. The summed E-state index contributed by atoms with van der Waals surface area (Å²) in [4.78, 5) is 44.3. The maximum absolute atomic E-state index is 14.6.